The fourth-order valence-corrected chi connectivity index (χ4v) is 4.80. The molecule has 3 aromatic carbocycles. The highest BCUT2D eigenvalue weighted by Crippen LogP contribution is 2.45. The maximum absolute atomic E-state index is 13.6. The van der Waals surface area contributed by atoms with Gasteiger partial charge in [0.1, 0.15) is 0 Å². The topological polar surface area (TPSA) is 70.6 Å². The molecule has 168 valence electrons. The molecule has 3 N–H and O–H groups in total. The van der Waals surface area contributed by atoms with E-state index in [1.807, 2.05) is 43.3 Å². The summed E-state index contributed by atoms with van der Waals surface area (Å²) < 4.78 is 5.62. The van der Waals surface area contributed by atoms with Crippen molar-refractivity contribution < 1.29 is 14.6 Å². The third-order valence-electron chi connectivity index (χ3n) is 6.47. The summed E-state index contributed by atoms with van der Waals surface area (Å²) in [6.07, 6.45) is 1.22. The van der Waals surface area contributed by atoms with Gasteiger partial charge < -0.3 is 20.5 Å². The predicted molar refractivity (Wildman–Crippen MR) is 131 cm³/mol. The van der Waals surface area contributed by atoms with Crippen molar-refractivity contribution in [2.45, 2.75) is 38.6 Å². The van der Waals surface area contributed by atoms with Crippen LogP contribution in [0.15, 0.2) is 78.0 Å². The first-order valence-corrected chi connectivity index (χ1v) is 11.4. The van der Waals surface area contributed by atoms with E-state index in [1.165, 1.54) is 11.1 Å². The van der Waals surface area contributed by atoms with E-state index in [9.17, 15) is 9.90 Å². The van der Waals surface area contributed by atoms with Crippen molar-refractivity contribution in [3.05, 3.63) is 94.7 Å². The number of ketones is 1. The van der Waals surface area contributed by atoms with Gasteiger partial charge in [-0.25, -0.2) is 0 Å². The highest BCUT2D eigenvalue weighted by molar-refractivity contribution is 6.01. The summed E-state index contributed by atoms with van der Waals surface area (Å²) in [5.74, 6) is 0.779. The molecule has 1 aliphatic carbocycles. The van der Waals surface area contributed by atoms with Crippen LogP contribution in [0.3, 0.4) is 0 Å². The van der Waals surface area contributed by atoms with Crippen LogP contribution in [0.25, 0.3) is 0 Å². The Kier molecular flexibility index (Phi) is 5.55. The molecule has 33 heavy (non-hydrogen) atoms. The number of carbonyl (C=O) groups excluding carboxylic acids is 1. The zero-order valence-corrected chi connectivity index (χ0v) is 18.9. The van der Waals surface area contributed by atoms with Gasteiger partial charge in [-0.05, 0) is 61.6 Å². The van der Waals surface area contributed by atoms with Crippen LogP contribution in [0.4, 0.5) is 11.4 Å². The number of allylic oxidation sites excluding steroid dienone is 1. The number of hydrogen-bond donors (Lipinski definition) is 3. The van der Waals surface area contributed by atoms with Crippen molar-refractivity contribution >= 4 is 17.2 Å². The van der Waals surface area contributed by atoms with Crippen LogP contribution in [0.5, 0.6) is 11.5 Å². The van der Waals surface area contributed by atoms with Crippen LogP contribution in [0.2, 0.25) is 0 Å². The first kappa shape index (κ1) is 21.1. The first-order chi connectivity index (χ1) is 16.0. The van der Waals surface area contributed by atoms with Crippen LogP contribution in [0.1, 0.15) is 48.4 Å². The lowest BCUT2D eigenvalue weighted by Crippen LogP contribution is -2.26. The molecule has 5 nitrogen and oxygen atoms in total. The average Bonchev–Trinajstić information content (AvgIpc) is 2.98. The average molecular weight is 441 g/mol. The van der Waals surface area contributed by atoms with Crippen molar-refractivity contribution in [1.29, 1.82) is 0 Å². The van der Waals surface area contributed by atoms with Gasteiger partial charge in [-0.3, -0.25) is 4.79 Å². The Morgan fingerprint density at radius 2 is 1.70 bits per heavy atom. The number of nitrogens with one attached hydrogen (secondary N) is 2. The third kappa shape index (κ3) is 4.07. The Morgan fingerprint density at radius 3 is 2.45 bits per heavy atom. The van der Waals surface area contributed by atoms with Crippen molar-refractivity contribution in [3.63, 3.8) is 0 Å². The lowest BCUT2D eigenvalue weighted by Gasteiger charge is -2.30. The molecule has 2 aliphatic rings. The quantitative estimate of drug-likeness (QED) is 0.459. The number of aryl methyl sites for hydroxylation is 1. The van der Waals surface area contributed by atoms with Gasteiger partial charge in [0.2, 0.25) is 0 Å². The predicted octanol–water partition coefficient (Wildman–Crippen LogP) is 6.08. The number of benzene rings is 3. The molecule has 3 aromatic rings. The molecular weight excluding hydrogens is 412 g/mol. The molecule has 0 aromatic heterocycles. The van der Waals surface area contributed by atoms with Gasteiger partial charge in [0.15, 0.2) is 17.3 Å². The van der Waals surface area contributed by atoms with E-state index >= 15 is 0 Å². The lowest BCUT2D eigenvalue weighted by molar-refractivity contribution is -0.116. The van der Waals surface area contributed by atoms with Crippen LogP contribution in [-0.4, -0.2) is 17.5 Å². The molecule has 0 amide bonds. The second-order valence-corrected chi connectivity index (χ2v) is 8.74. The first-order valence-electron chi connectivity index (χ1n) is 11.4. The molecule has 0 saturated heterocycles. The molecule has 0 fully saturated rings. The molecule has 5 rings (SSSR count). The number of ether oxygens (including phenoxy) is 1. The summed E-state index contributed by atoms with van der Waals surface area (Å²) in [5.41, 5.74) is 6.87. The van der Waals surface area contributed by atoms with Gasteiger partial charge in [-0.1, -0.05) is 48.0 Å². The van der Waals surface area contributed by atoms with Crippen molar-refractivity contribution in [1.82, 2.24) is 0 Å². The minimum absolute atomic E-state index is 0.0938. The number of Topliss-reactive ketones (excluding diaryl/α,β-unsaturated/α-hetero) is 1. The summed E-state index contributed by atoms with van der Waals surface area (Å²) in [6, 6.07) is 21.5. The largest absolute Gasteiger partial charge is 0.504 e. The Hall–Kier alpha value is -3.73. The van der Waals surface area contributed by atoms with Crippen molar-refractivity contribution in [3.8, 4) is 11.5 Å². The number of anilines is 2. The Balaban J connectivity index is 1.60. The van der Waals surface area contributed by atoms with Crippen LogP contribution < -0.4 is 15.4 Å². The fourth-order valence-electron chi connectivity index (χ4n) is 4.80. The molecule has 2 unspecified atom stereocenters. The van der Waals surface area contributed by atoms with E-state index in [1.54, 1.807) is 6.07 Å². The maximum Gasteiger partial charge on any atom is 0.163 e. The number of rotatable bonds is 4. The van der Waals surface area contributed by atoms with Gasteiger partial charge in [0.05, 0.1) is 24.0 Å². The minimum Gasteiger partial charge on any atom is -0.504 e. The number of phenols is 1. The summed E-state index contributed by atoms with van der Waals surface area (Å²) >= 11 is 0. The van der Waals surface area contributed by atoms with Crippen LogP contribution in [-0.2, 0) is 4.79 Å². The third-order valence-corrected chi connectivity index (χ3v) is 6.47. The standard InChI is InChI=1S/C28H28N2O3/c1-3-33-26-16-19(12-13-24(26)31)28-27-23(29-21-6-4-5-7-22(21)30-28)14-20(15-25(27)32)18-10-8-17(2)9-11-18/h4-13,16,20,28-31H,3,14-15H2,1-2H3. The summed E-state index contributed by atoms with van der Waals surface area (Å²) in [5, 5.41) is 17.4. The molecule has 2 atom stereocenters. The molecule has 0 saturated carbocycles. The molecule has 0 spiro atoms. The molecule has 5 heteroatoms. The van der Waals surface area contributed by atoms with E-state index in [-0.39, 0.29) is 23.5 Å². The molecule has 1 aliphatic heterocycles. The van der Waals surface area contributed by atoms with E-state index < -0.39 is 0 Å². The number of hydrogen-bond acceptors (Lipinski definition) is 5. The summed E-state index contributed by atoms with van der Waals surface area (Å²) in [7, 11) is 0. The number of fused-ring (bicyclic) bond motifs is 1. The van der Waals surface area contributed by atoms with Crippen LogP contribution >= 0.6 is 0 Å². The highest BCUT2D eigenvalue weighted by atomic mass is 16.5. The van der Waals surface area contributed by atoms with Crippen LogP contribution in [0, 0.1) is 6.92 Å². The molecule has 0 radical (unpaired) electrons. The Morgan fingerprint density at radius 1 is 0.970 bits per heavy atom. The normalized spacial score (nSPS) is 19.6. The number of para-hydroxylation sites is 2. The zero-order valence-electron chi connectivity index (χ0n) is 18.9. The molecule has 0 bridgehead atoms. The Labute approximate surface area is 194 Å². The van der Waals surface area contributed by atoms with Gasteiger partial charge in [-0.15, -0.1) is 0 Å². The second-order valence-electron chi connectivity index (χ2n) is 8.74. The highest BCUT2D eigenvalue weighted by Gasteiger charge is 2.36. The summed E-state index contributed by atoms with van der Waals surface area (Å²) in [6.45, 7) is 4.40. The summed E-state index contributed by atoms with van der Waals surface area (Å²) in [4.78, 5) is 13.6. The van der Waals surface area contributed by atoms with E-state index in [0.717, 1.165) is 34.6 Å². The van der Waals surface area contributed by atoms with E-state index in [4.69, 9.17) is 4.74 Å². The van der Waals surface area contributed by atoms with Crippen molar-refractivity contribution in [2.24, 2.45) is 0 Å². The second kappa shape index (κ2) is 8.66. The number of phenolic OH excluding ortho intramolecular Hbond substituents is 1. The smallest absolute Gasteiger partial charge is 0.163 e. The van der Waals surface area contributed by atoms with Gasteiger partial charge in [0.25, 0.3) is 0 Å². The van der Waals surface area contributed by atoms with Gasteiger partial charge >= 0.3 is 0 Å². The minimum atomic E-state index is -0.345. The number of carbonyl (C=O) groups is 1. The SMILES string of the molecule is CCOc1cc(C2Nc3ccccc3NC3=C2C(=O)CC(c2ccc(C)cc2)C3)ccc1O. The van der Waals surface area contributed by atoms with E-state index in [0.29, 0.717) is 18.8 Å². The van der Waals surface area contributed by atoms with E-state index in [2.05, 4.69) is 41.8 Å². The zero-order chi connectivity index (χ0) is 22.9. The maximum atomic E-state index is 13.6. The lowest BCUT2D eigenvalue weighted by atomic mass is 9.78. The monoisotopic (exact) mass is 440 g/mol. The molecule has 1 heterocycles. The van der Waals surface area contributed by atoms with Gasteiger partial charge in [0, 0.05) is 17.7 Å². The molecular formula is C28H28N2O3. The fraction of sp³-hybridized carbons (Fsp3) is 0.250. The number of aromatic hydroxyl groups is 1. The Bertz CT molecular complexity index is 1230. The van der Waals surface area contributed by atoms with Gasteiger partial charge in [-0.2, -0.15) is 0 Å². The van der Waals surface area contributed by atoms with Crippen molar-refractivity contribution in [2.75, 3.05) is 17.2 Å².